The predicted octanol–water partition coefficient (Wildman–Crippen LogP) is 5.35. The van der Waals surface area contributed by atoms with Crippen LogP contribution in [0, 0.1) is 23.7 Å². The lowest BCUT2D eigenvalue weighted by Crippen LogP contribution is -2.41. The van der Waals surface area contributed by atoms with Crippen LogP contribution in [0.1, 0.15) is 24.0 Å². The number of carbonyl (C=O) groups excluding carboxylic acids is 4. The highest BCUT2D eigenvalue weighted by Gasteiger charge is 2.57. The average molecular weight is 610 g/mol. The third-order valence-electron chi connectivity index (χ3n) is 8.86. The Kier molecular flexibility index (Phi) is 5.87. The number of halogens is 1. The van der Waals surface area contributed by atoms with Gasteiger partial charge in [-0.15, -0.1) is 0 Å². The van der Waals surface area contributed by atoms with Crippen LogP contribution in [0.25, 0.3) is 6.08 Å². The first-order valence-corrected chi connectivity index (χ1v) is 14.2. The molecule has 7 rings (SSSR count). The highest BCUT2D eigenvalue weighted by Crippen LogP contribution is 2.55. The molecule has 1 N–H and O–H groups in total. The number of hydrogen-bond donors (Lipinski definition) is 1. The molecule has 2 amide bonds. The Morgan fingerprint density at radius 1 is 1.02 bits per heavy atom. The summed E-state index contributed by atoms with van der Waals surface area (Å²) in [4.78, 5) is 55.8. The van der Waals surface area contributed by atoms with Gasteiger partial charge in [-0.25, -0.2) is 0 Å². The van der Waals surface area contributed by atoms with Gasteiger partial charge in [-0.05, 0) is 76.2 Å². The second kappa shape index (κ2) is 9.38. The summed E-state index contributed by atoms with van der Waals surface area (Å²) < 4.78 is 6.11. The van der Waals surface area contributed by atoms with E-state index in [1.807, 2.05) is 18.2 Å². The quantitative estimate of drug-likeness (QED) is 0.286. The van der Waals surface area contributed by atoms with Crippen molar-refractivity contribution in [3.05, 3.63) is 105 Å². The average Bonchev–Trinajstić information content (AvgIpc) is 3.24. The number of fused-ring (bicyclic) bond motifs is 4. The number of phenolic OH excluding ortho intramolecular Hbond substituents is 1. The number of ketones is 2. The number of anilines is 1. The molecule has 204 valence electrons. The smallest absolute Gasteiger partial charge is 0.238 e. The van der Waals surface area contributed by atoms with Gasteiger partial charge in [-0.3, -0.25) is 24.1 Å². The molecule has 7 nitrogen and oxygen atoms in total. The summed E-state index contributed by atoms with van der Waals surface area (Å²) in [6.45, 7) is 3.76. The predicted molar refractivity (Wildman–Crippen MR) is 155 cm³/mol. The van der Waals surface area contributed by atoms with Crippen molar-refractivity contribution in [1.29, 1.82) is 0 Å². The molecule has 3 aliphatic carbocycles. The van der Waals surface area contributed by atoms with Crippen molar-refractivity contribution in [1.82, 2.24) is 0 Å². The number of rotatable bonds is 3. The van der Waals surface area contributed by atoms with Crippen molar-refractivity contribution >= 4 is 51.1 Å². The molecule has 2 aromatic rings. The molecule has 0 aromatic heterocycles. The fourth-order valence-electron chi connectivity index (χ4n) is 7.03. The highest BCUT2D eigenvalue weighted by molar-refractivity contribution is 9.12. The Morgan fingerprint density at radius 2 is 1.80 bits per heavy atom. The van der Waals surface area contributed by atoms with Gasteiger partial charge < -0.3 is 9.84 Å². The number of amides is 2. The van der Waals surface area contributed by atoms with Crippen molar-refractivity contribution in [2.45, 2.75) is 19.3 Å². The van der Waals surface area contributed by atoms with E-state index in [2.05, 4.69) is 22.5 Å². The third kappa shape index (κ3) is 3.84. The molecule has 1 saturated heterocycles. The Morgan fingerprint density at radius 3 is 2.56 bits per heavy atom. The van der Waals surface area contributed by atoms with E-state index in [1.54, 1.807) is 42.7 Å². The number of phenols is 1. The number of nitrogens with zero attached hydrogens (tertiary/aromatic N) is 1. The molecule has 2 heterocycles. The highest BCUT2D eigenvalue weighted by atomic mass is 79.9. The lowest BCUT2D eigenvalue weighted by Gasteiger charge is -2.43. The normalized spacial score (nSPS) is 26.8. The van der Waals surface area contributed by atoms with Gasteiger partial charge in [-0.1, -0.05) is 36.4 Å². The molecular formula is C33H24BrNO6. The summed E-state index contributed by atoms with van der Waals surface area (Å²) in [5.74, 6) is -2.63. The molecular weight excluding hydrogens is 586 g/mol. The summed E-state index contributed by atoms with van der Waals surface area (Å²) in [6, 6.07) is 12.0. The molecule has 0 radical (unpaired) electrons. The Bertz CT molecular complexity index is 1730. The van der Waals surface area contributed by atoms with Crippen LogP contribution in [-0.4, -0.2) is 28.5 Å². The van der Waals surface area contributed by atoms with Crippen molar-refractivity contribution in [2.24, 2.45) is 23.7 Å². The van der Waals surface area contributed by atoms with Gasteiger partial charge in [0.2, 0.25) is 11.8 Å². The SMILES string of the molecule is C=Cc1ccc(N2C(=O)C3CC=C4C(C5=COc6ccc(O)cc6C5)C5=C(CC4C3C2=O)C(=O)C(Br)=CC5=O)cc1. The molecule has 8 heteroatoms. The fraction of sp³-hybridized carbons (Fsp3) is 0.212. The molecule has 2 aromatic carbocycles. The maximum absolute atomic E-state index is 14.0. The minimum Gasteiger partial charge on any atom is -0.508 e. The maximum Gasteiger partial charge on any atom is 0.238 e. The van der Waals surface area contributed by atoms with E-state index in [9.17, 15) is 24.3 Å². The first kappa shape index (κ1) is 25.7. The number of benzene rings is 2. The Balaban J connectivity index is 1.32. The van der Waals surface area contributed by atoms with E-state index in [4.69, 9.17) is 4.74 Å². The van der Waals surface area contributed by atoms with Crippen LogP contribution in [0.5, 0.6) is 11.5 Å². The first-order chi connectivity index (χ1) is 19.8. The zero-order chi connectivity index (χ0) is 28.6. The number of allylic oxidation sites excluding steroid dienone is 7. The van der Waals surface area contributed by atoms with Crippen LogP contribution in [0.4, 0.5) is 5.69 Å². The van der Waals surface area contributed by atoms with Gasteiger partial charge in [0.25, 0.3) is 0 Å². The van der Waals surface area contributed by atoms with Gasteiger partial charge in [0.1, 0.15) is 11.5 Å². The number of ether oxygens (including phenoxy) is 1. The van der Waals surface area contributed by atoms with E-state index in [0.717, 1.165) is 22.3 Å². The maximum atomic E-state index is 14.0. The number of aromatic hydroxyl groups is 1. The van der Waals surface area contributed by atoms with Crippen LogP contribution in [0.2, 0.25) is 0 Å². The number of carbonyl (C=O) groups is 4. The summed E-state index contributed by atoms with van der Waals surface area (Å²) in [6.07, 6.45) is 7.55. The molecule has 0 spiro atoms. The molecule has 4 atom stereocenters. The molecule has 0 bridgehead atoms. The molecule has 0 saturated carbocycles. The number of Topliss-reactive ketones (excluding diaryl/α,β-unsaturated/α-hetero) is 1. The second-order valence-electron chi connectivity index (χ2n) is 11.0. The summed E-state index contributed by atoms with van der Waals surface area (Å²) in [5.41, 5.74) is 4.52. The summed E-state index contributed by atoms with van der Waals surface area (Å²) >= 11 is 3.26. The van der Waals surface area contributed by atoms with Crippen LogP contribution in [0.3, 0.4) is 0 Å². The minimum absolute atomic E-state index is 0.0989. The van der Waals surface area contributed by atoms with E-state index >= 15 is 0 Å². The van der Waals surface area contributed by atoms with Gasteiger partial charge in [-0.2, -0.15) is 0 Å². The summed E-state index contributed by atoms with van der Waals surface area (Å²) in [5, 5.41) is 10.1. The first-order valence-electron chi connectivity index (χ1n) is 13.4. The summed E-state index contributed by atoms with van der Waals surface area (Å²) in [7, 11) is 0. The molecule has 4 unspecified atom stereocenters. The topological polar surface area (TPSA) is 101 Å². The zero-order valence-electron chi connectivity index (χ0n) is 21.8. The Hall–Kier alpha value is -4.30. The molecule has 5 aliphatic rings. The van der Waals surface area contributed by atoms with E-state index in [-0.39, 0.29) is 40.0 Å². The van der Waals surface area contributed by atoms with Crippen molar-refractivity contribution in [3.8, 4) is 11.5 Å². The fourth-order valence-corrected chi connectivity index (χ4v) is 7.48. The lowest BCUT2D eigenvalue weighted by atomic mass is 9.59. The van der Waals surface area contributed by atoms with Crippen molar-refractivity contribution < 1.29 is 29.0 Å². The molecule has 1 fully saturated rings. The number of hydrogen-bond acceptors (Lipinski definition) is 6. The zero-order valence-corrected chi connectivity index (χ0v) is 23.4. The third-order valence-corrected chi connectivity index (χ3v) is 9.45. The van der Waals surface area contributed by atoms with E-state index < -0.39 is 23.7 Å². The van der Waals surface area contributed by atoms with Crippen molar-refractivity contribution in [2.75, 3.05) is 4.90 Å². The largest absolute Gasteiger partial charge is 0.508 e. The molecule has 41 heavy (non-hydrogen) atoms. The van der Waals surface area contributed by atoms with Crippen LogP contribution in [0.15, 0.2) is 94.2 Å². The van der Waals surface area contributed by atoms with E-state index in [0.29, 0.717) is 35.4 Å². The standard InChI is InChI=1S/C33H24BrNO6/c1-2-16-3-5-19(6-4-16)35-32(39)22-9-8-21-23(29(22)33(35)40)13-24-30(26(37)14-25(34)31(24)38)28(21)18-11-17-12-20(36)7-10-27(17)41-15-18/h2-8,10,12,14-15,22-23,28-29,36H,1,9,11,13H2. The van der Waals surface area contributed by atoms with Gasteiger partial charge in [0.15, 0.2) is 11.6 Å². The lowest BCUT2D eigenvalue weighted by molar-refractivity contribution is -0.123. The monoisotopic (exact) mass is 609 g/mol. The van der Waals surface area contributed by atoms with Crippen LogP contribution >= 0.6 is 15.9 Å². The van der Waals surface area contributed by atoms with Crippen LogP contribution in [-0.2, 0) is 25.6 Å². The van der Waals surface area contributed by atoms with Crippen LogP contribution < -0.4 is 9.64 Å². The van der Waals surface area contributed by atoms with Gasteiger partial charge >= 0.3 is 0 Å². The Labute approximate surface area is 244 Å². The van der Waals surface area contributed by atoms with Gasteiger partial charge in [0, 0.05) is 35.1 Å². The minimum atomic E-state index is -0.660. The second-order valence-corrected chi connectivity index (χ2v) is 11.8. The number of imide groups is 1. The molecule has 2 aliphatic heterocycles. The van der Waals surface area contributed by atoms with Crippen molar-refractivity contribution in [3.63, 3.8) is 0 Å². The van der Waals surface area contributed by atoms with Gasteiger partial charge in [0.05, 0.1) is 28.3 Å². The van der Waals surface area contributed by atoms with E-state index in [1.165, 1.54) is 11.0 Å².